The van der Waals surface area contributed by atoms with Crippen LogP contribution in [0, 0.1) is 11.3 Å². The molecule has 0 aliphatic heterocycles. The number of nitrogens with two attached hydrogens (primary N) is 1. The zero-order valence-corrected chi connectivity index (χ0v) is 12.6. The summed E-state index contributed by atoms with van der Waals surface area (Å²) in [5, 5.41) is 9.25. The zero-order chi connectivity index (χ0) is 16.1. The van der Waals surface area contributed by atoms with E-state index in [0.717, 1.165) is 0 Å². The smallest absolute Gasteiger partial charge is 0.342 e. The van der Waals surface area contributed by atoms with Crippen LogP contribution in [0.1, 0.15) is 21.5 Å². The SMILES string of the molecule is COc1cc(N)c(Cl)cc1C(=O)OCc1ccccc1C#N. The van der Waals surface area contributed by atoms with Crippen molar-refractivity contribution in [1.29, 1.82) is 5.26 Å². The van der Waals surface area contributed by atoms with Crippen LogP contribution in [-0.4, -0.2) is 13.1 Å². The maximum Gasteiger partial charge on any atom is 0.342 e. The second-order valence-corrected chi connectivity index (χ2v) is 4.83. The van der Waals surface area contributed by atoms with Gasteiger partial charge in [-0.3, -0.25) is 0 Å². The number of nitriles is 1. The van der Waals surface area contributed by atoms with Crippen molar-refractivity contribution < 1.29 is 14.3 Å². The van der Waals surface area contributed by atoms with E-state index >= 15 is 0 Å². The molecule has 0 heterocycles. The van der Waals surface area contributed by atoms with E-state index in [-0.39, 0.29) is 22.9 Å². The third-order valence-corrected chi connectivity index (χ3v) is 3.36. The molecule has 0 aliphatic carbocycles. The fourth-order valence-electron chi connectivity index (χ4n) is 1.87. The molecule has 0 aromatic heterocycles. The highest BCUT2D eigenvalue weighted by molar-refractivity contribution is 6.33. The van der Waals surface area contributed by atoms with Crippen LogP contribution in [0.2, 0.25) is 5.02 Å². The van der Waals surface area contributed by atoms with Gasteiger partial charge in [-0.2, -0.15) is 5.26 Å². The lowest BCUT2D eigenvalue weighted by molar-refractivity contribution is 0.0469. The number of hydrogen-bond donors (Lipinski definition) is 1. The molecule has 0 saturated carbocycles. The summed E-state index contributed by atoms with van der Waals surface area (Å²) in [7, 11) is 1.42. The van der Waals surface area contributed by atoms with E-state index in [0.29, 0.717) is 16.8 Å². The number of methoxy groups -OCH3 is 1. The van der Waals surface area contributed by atoms with E-state index < -0.39 is 5.97 Å². The summed E-state index contributed by atoms with van der Waals surface area (Å²) in [5.41, 5.74) is 7.24. The molecular weight excluding hydrogens is 304 g/mol. The van der Waals surface area contributed by atoms with Crippen LogP contribution >= 0.6 is 11.6 Å². The fraction of sp³-hybridized carbons (Fsp3) is 0.125. The van der Waals surface area contributed by atoms with Crippen LogP contribution in [0.25, 0.3) is 0 Å². The van der Waals surface area contributed by atoms with Gasteiger partial charge in [-0.25, -0.2) is 4.79 Å². The zero-order valence-electron chi connectivity index (χ0n) is 11.8. The van der Waals surface area contributed by atoms with Gasteiger partial charge in [0, 0.05) is 11.6 Å². The highest BCUT2D eigenvalue weighted by Crippen LogP contribution is 2.29. The van der Waals surface area contributed by atoms with Gasteiger partial charge in [0.15, 0.2) is 0 Å². The Bertz CT molecular complexity index is 754. The summed E-state index contributed by atoms with van der Waals surface area (Å²) < 4.78 is 10.3. The van der Waals surface area contributed by atoms with E-state index in [1.165, 1.54) is 19.2 Å². The van der Waals surface area contributed by atoms with Crippen LogP contribution in [0.5, 0.6) is 5.75 Å². The fourth-order valence-corrected chi connectivity index (χ4v) is 2.04. The molecule has 5 nitrogen and oxygen atoms in total. The number of benzene rings is 2. The van der Waals surface area contributed by atoms with Gasteiger partial charge in [0.1, 0.15) is 17.9 Å². The minimum absolute atomic E-state index is 0.0201. The number of halogens is 1. The topological polar surface area (TPSA) is 85.3 Å². The van der Waals surface area contributed by atoms with Gasteiger partial charge < -0.3 is 15.2 Å². The Morgan fingerprint density at radius 2 is 2.09 bits per heavy atom. The molecule has 0 atom stereocenters. The average molecular weight is 317 g/mol. The van der Waals surface area contributed by atoms with Gasteiger partial charge in [0.2, 0.25) is 0 Å². The van der Waals surface area contributed by atoms with Gasteiger partial charge in [0.05, 0.1) is 29.5 Å². The maximum atomic E-state index is 12.2. The predicted molar refractivity (Wildman–Crippen MR) is 82.7 cm³/mol. The van der Waals surface area contributed by atoms with Crippen LogP contribution in [0.4, 0.5) is 5.69 Å². The molecule has 22 heavy (non-hydrogen) atoms. The standard InChI is InChI=1S/C16H13ClN2O3/c1-21-15-7-14(19)13(17)6-12(15)16(20)22-9-11-5-3-2-4-10(11)8-18/h2-7H,9,19H2,1H3. The molecule has 0 bridgehead atoms. The molecule has 112 valence electrons. The van der Waals surface area contributed by atoms with E-state index in [2.05, 4.69) is 0 Å². The Labute approximate surface area is 132 Å². The first-order valence-electron chi connectivity index (χ1n) is 6.35. The minimum Gasteiger partial charge on any atom is -0.496 e. The van der Waals surface area contributed by atoms with E-state index in [1.54, 1.807) is 24.3 Å². The largest absolute Gasteiger partial charge is 0.496 e. The number of nitrogens with zero attached hydrogens (tertiary/aromatic N) is 1. The van der Waals surface area contributed by atoms with Crippen molar-refractivity contribution in [3.05, 3.63) is 58.1 Å². The van der Waals surface area contributed by atoms with Crippen molar-refractivity contribution >= 4 is 23.3 Å². The summed E-state index contributed by atoms with van der Waals surface area (Å²) in [5.74, 6) is -0.327. The number of carbonyl (C=O) groups excluding carboxylic acids is 1. The van der Waals surface area contributed by atoms with Gasteiger partial charge in [0.25, 0.3) is 0 Å². The molecular formula is C16H13ClN2O3. The number of hydrogen-bond acceptors (Lipinski definition) is 5. The number of carbonyl (C=O) groups is 1. The average Bonchev–Trinajstić information content (AvgIpc) is 2.54. The second kappa shape index (κ2) is 6.83. The number of rotatable bonds is 4. The Morgan fingerprint density at radius 3 is 2.77 bits per heavy atom. The first kappa shape index (κ1) is 15.7. The molecule has 6 heteroatoms. The normalized spacial score (nSPS) is 9.86. The van der Waals surface area contributed by atoms with E-state index in [9.17, 15) is 4.79 Å². The summed E-state index contributed by atoms with van der Waals surface area (Å²) in [6, 6.07) is 11.8. The molecule has 2 rings (SSSR count). The number of anilines is 1. The monoisotopic (exact) mass is 316 g/mol. The molecule has 0 aliphatic rings. The Morgan fingerprint density at radius 1 is 1.36 bits per heavy atom. The van der Waals surface area contributed by atoms with Crippen LogP contribution in [-0.2, 0) is 11.3 Å². The summed E-state index contributed by atoms with van der Waals surface area (Å²) in [6.07, 6.45) is 0. The first-order valence-corrected chi connectivity index (χ1v) is 6.72. The molecule has 0 fully saturated rings. The second-order valence-electron chi connectivity index (χ2n) is 4.42. The molecule has 2 aromatic carbocycles. The van der Waals surface area contributed by atoms with Gasteiger partial charge in [-0.15, -0.1) is 0 Å². The van der Waals surface area contributed by atoms with Crippen LogP contribution < -0.4 is 10.5 Å². The maximum absolute atomic E-state index is 12.2. The molecule has 0 amide bonds. The lowest BCUT2D eigenvalue weighted by atomic mass is 10.1. The highest BCUT2D eigenvalue weighted by atomic mass is 35.5. The van der Waals surface area contributed by atoms with Gasteiger partial charge in [-0.05, 0) is 12.1 Å². The molecule has 0 unspecified atom stereocenters. The molecule has 0 saturated heterocycles. The molecule has 2 N–H and O–H groups in total. The number of esters is 1. The van der Waals surface area contributed by atoms with Crippen molar-refractivity contribution in [2.24, 2.45) is 0 Å². The van der Waals surface area contributed by atoms with Gasteiger partial charge in [-0.1, -0.05) is 29.8 Å². The van der Waals surface area contributed by atoms with Crippen LogP contribution in [0.3, 0.4) is 0 Å². The lowest BCUT2D eigenvalue weighted by Gasteiger charge is -2.11. The van der Waals surface area contributed by atoms with Crippen molar-refractivity contribution in [3.63, 3.8) is 0 Å². The van der Waals surface area contributed by atoms with Crippen LogP contribution in [0.15, 0.2) is 36.4 Å². The third kappa shape index (κ3) is 3.30. The summed E-state index contributed by atoms with van der Waals surface area (Å²) >= 11 is 5.92. The van der Waals surface area contributed by atoms with Crippen molar-refractivity contribution in [3.8, 4) is 11.8 Å². The van der Waals surface area contributed by atoms with Crippen molar-refractivity contribution in [2.45, 2.75) is 6.61 Å². The summed E-state index contributed by atoms with van der Waals surface area (Å²) in [4.78, 5) is 12.2. The molecule has 0 radical (unpaired) electrons. The van der Waals surface area contributed by atoms with Crippen molar-refractivity contribution in [2.75, 3.05) is 12.8 Å². The predicted octanol–water partition coefficient (Wildman–Crippen LogP) is 3.16. The summed E-state index contributed by atoms with van der Waals surface area (Å²) in [6.45, 7) is -0.0201. The third-order valence-electron chi connectivity index (χ3n) is 3.04. The number of nitrogen functional groups attached to an aromatic ring is 1. The van der Waals surface area contributed by atoms with E-state index in [1.807, 2.05) is 6.07 Å². The van der Waals surface area contributed by atoms with Gasteiger partial charge >= 0.3 is 5.97 Å². The van der Waals surface area contributed by atoms with E-state index in [4.69, 9.17) is 32.1 Å². The number of ether oxygens (including phenoxy) is 2. The first-order chi connectivity index (χ1) is 10.6. The lowest BCUT2D eigenvalue weighted by Crippen LogP contribution is -2.08. The minimum atomic E-state index is -0.605. The van der Waals surface area contributed by atoms with Crippen molar-refractivity contribution in [1.82, 2.24) is 0 Å². The molecule has 2 aromatic rings. The highest BCUT2D eigenvalue weighted by Gasteiger charge is 2.17. The Balaban J connectivity index is 2.20. The quantitative estimate of drug-likeness (QED) is 0.691. The Kier molecular flexibility index (Phi) is 4.87. The molecule has 0 spiro atoms. The Hall–Kier alpha value is -2.71.